The summed E-state index contributed by atoms with van der Waals surface area (Å²) in [6, 6.07) is 0.0524. The Morgan fingerprint density at radius 1 is 1.30 bits per heavy atom. The Labute approximate surface area is 122 Å². The van der Waals surface area contributed by atoms with Gasteiger partial charge in [-0.15, -0.1) is 10.2 Å². The number of carbonyl (C=O) groups excluding carboxylic acids is 1. The second kappa shape index (κ2) is 7.28. The maximum atomic E-state index is 11.9. The number of carboxylic acids is 1. The van der Waals surface area contributed by atoms with Gasteiger partial charge in [0.25, 0.3) is 0 Å². The van der Waals surface area contributed by atoms with Crippen molar-refractivity contribution in [3.8, 4) is 0 Å². The number of nitrogens with zero attached hydrogens (tertiary/aromatic N) is 3. The molecule has 8 heteroatoms. The van der Waals surface area contributed by atoms with Gasteiger partial charge >= 0.3 is 5.97 Å². The van der Waals surface area contributed by atoms with Crippen molar-refractivity contribution in [1.29, 1.82) is 0 Å². The summed E-state index contributed by atoms with van der Waals surface area (Å²) in [5.74, 6) is -0.395. The van der Waals surface area contributed by atoms with Crippen LogP contribution in [0.25, 0.3) is 0 Å². The maximum Gasteiger partial charge on any atom is 0.313 e. The van der Waals surface area contributed by atoms with Crippen LogP contribution in [-0.2, 0) is 16.1 Å². The molecule has 0 radical (unpaired) electrons. The standard InChI is InChI=1S/C12H20N4O3S/c1-7(2)11-14-15-12(20-6-10(18)19)16(11)5-9(17)13-8(3)4/h7-8H,5-6H2,1-4H3,(H,13,17)(H,18,19). The first-order valence-corrected chi connectivity index (χ1v) is 7.36. The quantitative estimate of drug-likeness (QED) is 0.732. The lowest BCUT2D eigenvalue weighted by atomic mass is 10.2. The summed E-state index contributed by atoms with van der Waals surface area (Å²) >= 11 is 1.06. The third kappa shape index (κ3) is 4.84. The lowest BCUT2D eigenvalue weighted by molar-refractivity contribution is -0.133. The summed E-state index contributed by atoms with van der Waals surface area (Å²) in [7, 11) is 0. The molecule has 2 N–H and O–H groups in total. The molecule has 0 saturated heterocycles. The zero-order chi connectivity index (χ0) is 15.3. The summed E-state index contributed by atoms with van der Waals surface area (Å²) in [5.41, 5.74) is 0. The number of nitrogens with one attached hydrogen (secondary N) is 1. The molecule has 0 atom stereocenters. The predicted molar refractivity (Wildman–Crippen MR) is 75.7 cm³/mol. The largest absolute Gasteiger partial charge is 0.481 e. The van der Waals surface area contributed by atoms with Gasteiger partial charge in [0.05, 0.1) is 5.75 Å². The van der Waals surface area contributed by atoms with Crippen LogP contribution in [0.5, 0.6) is 0 Å². The number of hydrogen-bond acceptors (Lipinski definition) is 5. The molecule has 112 valence electrons. The highest BCUT2D eigenvalue weighted by Crippen LogP contribution is 2.21. The van der Waals surface area contributed by atoms with Gasteiger partial charge in [-0.05, 0) is 13.8 Å². The highest BCUT2D eigenvalue weighted by atomic mass is 32.2. The van der Waals surface area contributed by atoms with E-state index in [4.69, 9.17) is 5.11 Å². The summed E-state index contributed by atoms with van der Waals surface area (Å²) in [6.07, 6.45) is 0. The Balaban J connectivity index is 2.90. The van der Waals surface area contributed by atoms with E-state index >= 15 is 0 Å². The normalized spacial score (nSPS) is 11.1. The topological polar surface area (TPSA) is 97.1 Å². The van der Waals surface area contributed by atoms with Crippen molar-refractivity contribution in [3.63, 3.8) is 0 Å². The third-order valence-corrected chi connectivity index (χ3v) is 3.29. The molecule has 0 aliphatic heterocycles. The van der Waals surface area contributed by atoms with Crippen molar-refractivity contribution in [2.24, 2.45) is 0 Å². The number of hydrogen-bond donors (Lipinski definition) is 2. The summed E-state index contributed by atoms with van der Waals surface area (Å²) in [6.45, 7) is 7.76. The lowest BCUT2D eigenvalue weighted by Crippen LogP contribution is -2.33. The van der Waals surface area contributed by atoms with Crippen LogP contribution in [0.3, 0.4) is 0 Å². The van der Waals surface area contributed by atoms with Gasteiger partial charge in [-0.2, -0.15) is 0 Å². The van der Waals surface area contributed by atoms with Crippen molar-refractivity contribution in [3.05, 3.63) is 5.82 Å². The van der Waals surface area contributed by atoms with Crippen LogP contribution in [0.15, 0.2) is 5.16 Å². The van der Waals surface area contributed by atoms with Gasteiger partial charge in [0, 0.05) is 12.0 Å². The fourth-order valence-corrected chi connectivity index (χ4v) is 2.29. The van der Waals surface area contributed by atoms with Gasteiger partial charge in [0.15, 0.2) is 5.16 Å². The van der Waals surface area contributed by atoms with Gasteiger partial charge in [-0.3, -0.25) is 14.2 Å². The number of carboxylic acid groups (broad SMARTS) is 1. The Morgan fingerprint density at radius 3 is 2.45 bits per heavy atom. The zero-order valence-corrected chi connectivity index (χ0v) is 12.9. The van der Waals surface area contributed by atoms with E-state index in [0.29, 0.717) is 11.0 Å². The van der Waals surface area contributed by atoms with E-state index in [-0.39, 0.29) is 30.2 Å². The SMILES string of the molecule is CC(C)NC(=O)Cn1c(SCC(=O)O)nnc1C(C)C. The summed E-state index contributed by atoms with van der Waals surface area (Å²) in [4.78, 5) is 22.5. The highest BCUT2D eigenvalue weighted by Gasteiger charge is 2.18. The zero-order valence-electron chi connectivity index (χ0n) is 12.1. The number of aromatic nitrogens is 3. The molecule has 0 spiro atoms. The van der Waals surface area contributed by atoms with Crippen LogP contribution in [0.4, 0.5) is 0 Å². The molecule has 1 aromatic rings. The van der Waals surface area contributed by atoms with Crippen molar-refractivity contribution < 1.29 is 14.7 Å². The lowest BCUT2D eigenvalue weighted by Gasteiger charge is -2.13. The second-order valence-corrected chi connectivity index (χ2v) is 5.93. The Kier molecular flexibility index (Phi) is 6.00. The summed E-state index contributed by atoms with van der Waals surface area (Å²) < 4.78 is 1.68. The molecule has 0 aliphatic rings. The van der Waals surface area contributed by atoms with E-state index in [1.807, 2.05) is 27.7 Å². The number of aliphatic carboxylic acids is 1. The van der Waals surface area contributed by atoms with Crippen LogP contribution >= 0.6 is 11.8 Å². The number of thioether (sulfide) groups is 1. The molecule has 20 heavy (non-hydrogen) atoms. The van der Waals surface area contributed by atoms with Crippen molar-refractivity contribution in [2.75, 3.05) is 5.75 Å². The number of amides is 1. The molecule has 1 rings (SSSR count). The molecule has 0 aromatic carbocycles. The average Bonchev–Trinajstić information content (AvgIpc) is 2.68. The van der Waals surface area contributed by atoms with Crippen LogP contribution in [0, 0.1) is 0 Å². The molecular weight excluding hydrogens is 280 g/mol. The Hall–Kier alpha value is -1.57. The summed E-state index contributed by atoms with van der Waals surface area (Å²) in [5, 5.41) is 20.0. The minimum Gasteiger partial charge on any atom is -0.481 e. The molecule has 7 nitrogen and oxygen atoms in total. The van der Waals surface area contributed by atoms with Crippen molar-refractivity contribution >= 4 is 23.6 Å². The molecule has 0 unspecified atom stereocenters. The molecule has 1 amide bonds. The second-order valence-electron chi connectivity index (χ2n) is 4.99. The minimum atomic E-state index is -0.928. The van der Waals surface area contributed by atoms with Crippen LogP contribution in [0.2, 0.25) is 0 Å². The van der Waals surface area contributed by atoms with E-state index < -0.39 is 5.97 Å². The number of carbonyl (C=O) groups is 2. The average molecular weight is 300 g/mol. The smallest absolute Gasteiger partial charge is 0.313 e. The molecule has 1 aromatic heterocycles. The van der Waals surface area contributed by atoms with Gasteiger partial charge in [0.2, 0.25) is 5.91 Å². The molecule has 0 fully saturated rings. The van der Waals surface area contributed by atoms with E-state index in [0.717, 1.165) is 11.8 Å². The van der Waals surface area contributed by atoms with E-state index in [1.54, 1.807) is 4.57 Å². The van der Waals surface area contributed by atoms with Crippen molar-refractivity contribution in [1.82, 2.24) is 20.1 Å². The van der Waals surface area contributed by atoms with Crippen LogP contribution < -0.4 is 5.32 Å². The van der Waals surface area contributed by atoms with E-state index in [9.17, 15) is 9.59 Å². The first-order chi connectivity index (χ1) is 9.31. The van der Waals surface area contributed by atoms with E-state index in [1.165, 1.54) is 0 Å². The first-order valence-electron chi connectivity index (χ1n) is 6.38. The monoisotopic (exact) mass is 300 g/mol. The fraction of sp³-hybridized carbons (Fsp3) is 0.667. The third-order valence-electron chi connectivity index (χ3n) is 2.34. The molecule has 0 bridgehead atoms. The van der Waals surface area contributed by atoms with Crippen LogP contribution in [0.1, 0.15) is 39.4 Å². The molecule has 0 saturated carbocycles. The highest BCUT2D eigenvalue weighted by molar-refractivity contribution is 7.99. The Bertz CT molecular complexity index is 485. The van der Waals surface area contributed by atoms with Crippen molar-refractivity contribution in [2.45, 2.75) is 51.4 Å². The number of rotatable bonds is 7. The van der Waals surface area contributed by atoms with E-state index in [2.05, 4.69) is 15.5 Å². The fourth-order valence-electron chi connectivity index (χ4n) is 1.62. The molecule has 0 aliphatic carbocycles. The Morgan fingerprint density at radius 2 is 1.95 bits per heavy atom. The first kappa shape index (κ1) is 16.5. The van der Waals surface area contributed by atoms with Gasteiger partial charge in [-0.1, -0.05) is 25.6 Å². The molecule has 1 heterocycles. The van der Waals surface area contributed by atoms with Gasteiger partial charge in [-0.25, -0.2) is 0 Å². The van der Waals surface area contributed by atoms with Crippen LogP contribution in [-0.4, -0.2) is 43.5 Å². The minimum absolute atomic E-state index is 0.0524. The maximum absolute atomic E-state index is 11.9. The van der Waals surface area contributed by atoms with Gasteiger partial charge < -0.3 is 10.4 Å². The molecular formula is C12H20N4O3S. The predicted octanol–water partition coefficient (Wildman–Crippen LogP) is 1.10. The van der Waals surface area contributed by atoms with Gasteiger partial charge in [0.1, 0.15) is 12.4 Å².